The van der Waals surface area contributed by atoms with Gasteiger partial charge in [0.1, 0.15) is 0 Å². The first-order valence-corrected chi connectivity index (χ1v) is 9.71. The first kappa shape index (κ1) is 16.2. The van der Waals surface area contributed by atoms with Crippen LogP contribution in [0.15, 0.2) is 35.4 Å². The molecule has 6 nitrogen and oxygen atoms in total. The van der Waals surface area contributed by atoms with Crippen LogP contribution >= 0.6 is 0 Å². The van der Waals surface area contributed by atoms with Crippen molar-refractivity contribution >= 4 is 15.7 Å². The average molecular weight is 356 g/mol. The van der Waals surface area contributed by atoms with E-state index in [-0.39, 0.29) is 0 Å². The fourth-order valence-electron chi connectivity index (χ4n) is 3.46. The molecule has 1 aliphatic heterocycles. The van der Waals surface area contributed by atoms with E-state index in [0.29, 0.717) is 24.4 Å². The van der Waals surface area contributed by atoms with Crippen LogP contribution in [0.1, 0.15) is 28.1 Å². The summed E-state index contributed by atoms with van der Waals surface area (Å²) in [4.78, 5) is 4.79. The second kappa shape index (κ2) is 5.64. The molecule has 0 saturated heterocycles. The molecule has 3 heterocycles. The van der Waals surface area contributed by atoms with Crippen molar-refractivity contribution in [1.82, 2.24) is 18.9 Å². The molecule has 0 unspecified atom stereocenters. The molecule has 0 N–H and O–H groups in total. The molecule has 130 valence electrons. The SMILES string of the molecule is Cc1ccc(S(=O)(=O)N2CCc3c(cnc4cc(C)nn34)C2)c(C)c1. The molecule has 0 radical (unpaired) electrons. The normalized spacial score (nSPS) is 15.5. The molecule has 1 aromatic carbocycles. The summed E-state index contributed by atoms with van der Waals surface area (Å²) in [6, 6.07) is 7.38. The fourth-order valence-corrected chi connectivity index (χ4v) is 5.09. The number of benzene rings is 1. The Kier molecular flexibility index (Phi) is 3.66. The first-order valence-electron chi connectivity index (χ1n) is 8.27. The van der Waals surface area contributed by atoms with Gasteiger partial charge in [0.05, 0.1) is 16.3 Å². The monoisotopic (exact) mass is 356 g/mol. The van der Waals surface area contributed by atoms with Crippen LogP contribution in [0, 0.1) is 20.8 Å². The number of nitrogens with zero attached hydrogens (tertiary/aromatic N) is 4. The van der Waals surface area contributed by atoms with Crippen molar-refractivity contribution in [3.05, 3.63) is 58.5 Å². The molecule has 0 atom stereocenters. The van der Waals surface area contributed by atoms with Gasteiger partial charge >= 0.3 is 0 Å². The lowest BCUT2D eigenvalue weighted by molar-refractivity contribution is 0.384. The van der Waals surface area contributed by atoms with Crippen LogP contribution in [0.25, 0.3) is 5.65 Å². The number of aromatic nitrogens is 3. The topological polar surface area (TPSA) is 67.6 Å². The summed E-state index contributed by atoms with van der Waals surface area (Å²) in [5.41, 5.74) is 5.51. The van der Waals surface area contributed by atoms with Crippen LogP contribution in [0.2, 0.25) is 0 Å². The zero-order valence-electron chi connectivity index (χ0n) is 14.5. The van der Waals surface area contributed by atoms with E-state index >= 15 is 0 Å². The largest absolute Gasteiger partial charge is 0.243 e. The van der Waals surface area contributed by atoms with Crippen LogP contribution in [0.4, 0.5) is 0 Å². The van der Waals surface area contributed by atoms with Gasteiger partial charge in [-0.25, -0.2) is 17.9 Å². The molecule has 0 aliphatic carbocycles. The summed E-state index contributed by atoms with van der Waals surface area (Å²) < 4.78 is 29.5. The Balaban J connectivity index is 1.73. The molecule has 0 bridgehead atoms. The van der Waals surface area contributed by atoms with Crippen LogP contribution in [-0.2, 0) is 23.0 Å². The van der Waals surface area contributed by atoms with Crippen molar-refractivity contribution in [2.75, 3.05) is 6.54 Å². The number of hydrogen-bond acceptors (Lipinski definition) is 4. The Bertz CT molecular complexity index is 1090. The molecular formula is C18H20N4O2S. The Labute approximate surface area is 147 Å². The first-order chi connectivity index (χ1) is 11.9. The second-order valence-corrected chi connectivity index (χ2v) is 8.55. The van der Waals surface area contributed by atoms with Crippen molar-refractivity contribution in [3.8, 4) is 0 Å². The third kappa shape index (κ3) is 2.63. The number of rotatable bonds is 2. The Hall–Kier alpha value is -2.25. The van der Waals surface area contributed by atoms with Gasteiger partial charge < -0.3 is 0 Å². The van der Waals surface area contributed by atoms with E-state index in [2.05, 4.69) is 10.1 Å². The maximum absolute atomic E-state index is 13.1. The number of aryl methyl sites for hydroxylation is 3. The Morgan fingerprint density at radius 3 is 2.68 bits per heavy atom. The number of hydrogen-bond donors (Lipinski definition) is 0. The van der Waals surface area contributed by atoms with Crippen LogP contribution in [-0.4, -0.2) is 33.9 Å². The lowest BCUT2D eigenvalue weighted by atomic mass is 10.1. The summed E-state index contributed by atoms with van der Waals surface area (Å²) in [7, 11) is -3.52. The smallest absolute Gasteiger partial charge is 0.237 e. The fraction of sp³-hybridized carbons (Fsp3) is 0.333. The van der Waals surface area contributed by atoms with Crippen LogP contribution < -0.4 is 0 Å². The molecule has 0 saturated carbocycles. The van der Waals surface area contributed by atoms with E-state index in [1.54, 1.807) is 12.3 Å². The van der Waals surface area contributed by atoms with Crippen molar-refractivity contribution in [1.29, 1.82) is 0 Å². The molecule has 7 heteroatoms. The summed E-state index contributed by atoms with van der Waals surface area (Å²) in [5, 5.41) is 4.48. The van der Waals surface area contributed by atoms with E-state index in [1.165, 1.54) is 4.31 Å². The van der Waals surface area contributed by atoms with Crippen molar-refractivity contribution in [3.63, 3.8) is 0 Å². The number of sulfonamides is 1. The van der Waals surface area contributed by atoms with Gasteiger partial charge in [-0.15, -0.1) is 0 Å². The second-order valence-electron chi connectivity index (χ2n) is 6.64. The highest BCUT2D eigenvalue weighted by atomic mass is 32.2. The highest BCUT2D eigenvalue weighted by molar-refractivity contribution is 7.89. The third-order valence-corrected chi connectivity index (χ3v) is 6.69. The summed E-state index contributed by atoms with van der Waals surface area (Å²) in [6.07, 6.45) is 2.40. The third-order valence-electron chi connectivity index (χ3n) is 4.68. The predicted molar refractivity (Wildman–Crippen MR) is 94.9 cm³/mol. The van der Waals surface area contributed by atoms with E-state index in [9.17, 15) is 8.42 Å². The van der Waals surface area contributed by atoms with E-state index in [0.717, 1.165) is 33.7 Å². The van der Waals surface area contributed by atoms with Gasteiger partial charge in [0.2, 0.25) is 10.0 Å². The van der Waals surface area contributed by atoms with Gasteiger partial charge in [0.15, 0.2) is 5.65 Å². The molecule has 0 spiro atoms. The van der Waals surface area contributed by atoms with Gasteiger partial charge in [-0.3, -0.25) is 0 Å². The van der Waals surface area contributed by atoms with Gasteiger partial charge in [0, 0.05) is 37.3 Å². The maximum Gasteiger partial charge on any atom is 0.243 e. The predicted octanol–water partition coefficient (Wildman–Crippen LogP) is 2.40. The van der Waals surface area contributed by atoms with Crippen LogP contribution in [0.5, 0.6) is 0 Å². The van der Waals surface area contributed by atoms with Gasteiger partial charge in [-0.05, 0) is 32.4 Å². The van der Waals surface area contributed by atoms with Crippen molar-refractivity contribution in [2.45, 2.75) is 38.6 Å². The van der Waals surface area contributed by atoms with Gasteiger partial charge in [-0.1, -0.05) is 17.7 Å². The molecular weight excluding hydrogens is 336 g/mol. The van der Waals surface area contributed by atoms with Crippen LogP contribution in [0.3, 0.4) is 0 Å². The summed E-state index contributed by atoms with van der Waals surface area (Å²) >= 11 is 0. The summed E-state index contributed by atoms with van der Waals surface area (Å²) in [5.74, 6) is 0. The molecule has 2 aromatic heterocycles. The minimum absolute atomic E-state index is 0.326. The maximum atomic E-state index is 13.1. The Morgan fingerprint density at radius 1 is 1.12 bits per heavy atom. The molecule has 0 fully saturated rings. The molecule has 25 heavy (non-hydrogen) atoms. The highest BCUT2D eigenvalue weighted by Gasteiger charge is 2.30. The molecule has 3 aromatic rings. The number of fused-ring (bicyclic) bond motifs is 3. The highest BCUT2D eigenvalue weighted by Crippen LogP contribution is 2.27. The van der Waals surface area contributed by atoms with Crippen molar-refractivity contribution in [2.24, 2.45) is 0 Å². The average Bonchev–Trinajstić information content (AvgIpc) is 2.94. The standard InChI is InChI=1S/C18H20N4O2S/c1-12-4-5-17(13(2)8-12)25(23,24)21-7-6-16-15(11-21)10-19-18-9-14(3)20-22(16)18/h4-5,8-10H,6-7,11H2,1-3H3. The lowest BCUT2D eigenvalue weighted by Gasteiger charge is -2.28. The molecule has 1 aliphatic rings. The zero-order chi connectivity index (χ0) is 17.8. The zero-order valence-corrected chi connectivity index (χ0v) is 15.3. The minimum Gasteiger partial charge on any atom is -0.237 e. The van der Waals surface area contributed by atoms with E-state index < -0.39 is 10.0 Å². The minimum atomic E-state index is -3.52. The van der Waals surface area contributed by atoms with Gasteiger partial charge in [-0.2, -0.15) is 9.40 Å². The van der Waals surface area contributed by atoms with Crippen molar-refractivity contribution < 1.29 is 8.42 Å². The summed E-state index contributed by atoms with van der Waals surface area (Å²) in [6.45, 7) is 6.51. The van der Waals surface area contributed by atoms with E-state index in [4.69, 9.17) is 0 Å². The Morgan fingerprint density at radius 2 is 1.92 bits per heavy atom. The quantitative estimate of drug-likeness (QED) is 0.707. The molecule has 4 rings (SSSR count). The lowest BCUT2D eigenvalue weighted by Crippen LogP contribution is -2.37. The van der Waals surface area contributed by atoms with E-state index in [1.807, 2.05) is 43.5 Å². The van der Waals surface area contributed by atoms with Gasteiger partial charge in [0.25, 0.3) is 0 Å². The molecule has 0 amide bonds.